The van der Waals surface area contributed by atoms with Crippen LogP contribution in [0.5, 0.6) is 0 Å². The van der Waals surface area contributed by atoms with E-state index in [1.165, 1.54) is 5.56 Å². The van der Waals surface area contributed by atoms with E-state index in [0.29, 0.717) is 18.8 Å². The van der Waals surface area contributed by atoms with Gasteiger partial charge in [0, 0.05) is 21.9 Å². The number of para-hydroxylation sites is 1. The third-order valence-corrected chi connectivity index (χ3v) is 7.38. The lowest BCUT2D eigenvalue weighted by atomic mass is 10.2. The van der Waals surface area contributed by atoms with Gasteiger partial charge in [-0.05, 0) is 70.9 Å². The van der Waals surface area contributed by atoms with E-state index >= 15 is 0 Å². The van der Waals surface area contributed by atoms with Crippen molar-refractivity contribution in [2.45, 2.75) is 46.3 Å². The summed E-state index contributed by atoms with van der Waals surface area (Å²) in [7, 11) is 0. The Morgan fingerprint density at radius 1 is 1.03 bits per heavy atom. The van der Waals surface area contributed by atoms with Gasteiger partial charge in [0.05, 0.1) is 12.2 Å². The highest BCUT2D eigenvalue weighted by atomic mass is 79.9. The van der Waals surface area contributed by atoms with Crippen LogP contribution in [0, 0.1) is 6.92 Å². The van der Waals surface area contributed by atoms with Gasteiger partial charge in [-0.3, -0.25) is 4.79 Å². The quantitative estimate of drug-likeness (QED) is 0.337. The number of benzene rings is 2. The predicted octanol–water partition coefficient (Wildman–Crippen LogP) is 6.68. The number of nitrogens with zero attached hydrogens (tertiary/aromatic N) is 2. The zero-order valence-corrected chi connectivity index (χ0v) is 21.7. The molecule has 3 amide bonds. The van der Waals surface area contributed by atoms with Gasteiger partial charge in [0.15, 0.2) is 0 Å². The molecule has 0 saturated carbocycles. The maximum Gasteiger partial charge on any atom is 0.322 e. The fourth-order valence-corrected chi connectivity index (χ4v) is 4.72. The maximum atomic E-state index is 13.5. The summed E-state index contributed by atoms with van der Waals surface area (Å²) >= 11 is 5.13. The number of thiophene rings is 1. The number of halogens is 1. The Hall–Kier alpha value is -2.64. The Morgan fingerprint density at radius 2 is 1.73 bits per heavy atom. The monoisotopic (exact) mass is 527 g/mol. The minimum Gasteiger partial charge on any atom is -0.332 e. The molecule has 174 valence electrons. The lowest BCUT2D eigenvalue weighted by Gasteiger charge is -2.31. The normalized spacial score (nSPS) is 11.6. The fourth-order valence-electron chi connectivity index (χ4n) is 3.42. The SMILES string of the molecule is CCC(C)N(CC(=O)N(Cc1ccccc1)Cc1sccc1C)C(=O)Nc1ccccc1Br. The lowest BCUT2D eigenvalue weighted by molar-refractivity contribution is -0.133. The summed E-state index contributed by atoms with van der Waals surface area (Å²) in [5, 5.41) is 4.99. The summed E-state index contributed by atoms with van der Waals surface area (Å²) in [6.45, 7) is 7.09. The lowest BCUT2D eigenvalue weighted by Crippen LogP contribution is -2.47. The number of carbonyl (C=O) groups excluding carboxylic acids is 2. The molecule has 1 unspecified atom stereocenters. The van der Waals surface area contributed by atoms with Crippen molar-refractivity contribution >= 4 is 44.9 Å². The zero-order valence-electron chi connectivity index (χ0n) is 19.3. The number of aryl methyl sites for hydroxylation is 1. The molecule has 0 fully saturated rings. The summed E-state index contributed by atoms with van der Waals surface area (Å²) in [5.41, 5.74) is 2.92. The van der Waals surface area contributed by atoms with Crippen LogP contribution in [-0.2, 0) is 17.9 Å². The highest BCUT2D eigenvalue weighted by Gasteiger charge is 2.26. The van der Waals surface area contributed by atoms with Crippen LogP contribution in [-0.4, -0.2) is 34.3 Å². The Balaban J connectivity index is 1.80. The number of hydrogen-bond donors (Lipinski definition) is 1. The predicted molar refractivity (Wildman–Crippen MR) is 139 cm³/mol. The van der Waals surface area contributed by atoms with Crippen molar-refractivity contribution in [2.75, 3.05) is 11.9 Å². The molecule has 1 N–H and O–H groups in total. The van der Waals surface area contributed by atoms with Crippen molar-refractivity contribution < 1.29 is 9.59 Å². The molecule has 33 heavy (non-hydrogen) atoms. The molecule has 7 heteroatoms. The number of urea groups is 1. The van der Waals surface area contributed by atoms with Crippen LogP contribution in [0.4, 0.5) is 10.5 Å². The Bertz CT molecular complexity index is 1070. The van der Waals surface area contributed by atoms with Crippen LogP contribution in [0.3, 0.4) is 0 Å². The van der Waals surface area contributed by atoms with Crippen molar-refractivity contribution in [2.24, 2.45) is 0 Å². The molecule has 1 aromatic heterocycles. The first-order valence-corrected chi connectivity index (χ1v) is 12.7. The second kappa shape index (κ2) is 12.0. The average molecular weight is 529 g/mol. The number of rotatable bonds is 9. The van der Waals surface area contributed by atoms with E-state index in [4.69, 9.17) is 0 Å². The maximum absolute atomic E-state index is 13.5. The molecule has 0 aliphatic heterocycles. The van der Waals surface area contributed by atoms with Gasteiger partial charge < -0.3 is 15.1 Å². The van der Waals surface area contributed by atoms with Gasteiger partial charge in [0.2, 0.25) is 5.91 Å². The number of anilines is 1. The molecule has 0 spiro atoms. The summed E-state index contributed by atoms with van der Waals surface area (Å²) in [4.78, 5) is 31.3. The van der Waals surface area contributed by atoms with Crippen LogP contribution in [0.25, 0.3) is 0 Å². The summed E-state index contributed by atoms with van der Waals surface area (Å²) < 4.78 is 0.799. The summed E-state index contributed by atoms with van der Waals surface area (Å²) in [5.74, 6) is -0.0748. The topological polar surface area (TPSA) is 52.7 Å². The van der Waals surface area contributed by atoms with Crippen LogP contribution in [0.2, 0.25) is 0 Å². The van der Waals surface area contributed by atoms with Gasteiger partial charge in [-0.2, -0.15) is 0 Å². The molecule has 0 bridgehead atoms. The third-order valence-electron chi connectivity index (χ3n) is 5.68. The van der Waals surface area contributed by atoms with Gasteiger partial charge in [-0.1, -0.05) is 49.4 Å². The van der Waals surface area contributed by atoms with Crippen molar-refractivity contribution in [3.63, 3.8) is 0 Å². The van der Waals surface area contributed by atoms with Crippen LogP contribution in [0.1, 0.15) is 36.3 Å². The van der Waals surface area contributed by atoms with Gasteiger partial charge in [-0.25, -0.2) is 4.79 Å². The minimum absolute atomic E-state index is 0.0164. The molecule has 5 nitrogen and oxygen atoms in total. The largest absolute Gasteiger partial charge is 0.332 e. The molecular weight excluding hydrogens is 498 g/mol. The summed E-state index contributed by atoms with van der Waals surface area (Å²) in [6, 6.07) is 19.1. The molecule has 0 saturated heterocycles. The van der Waals surface area contributed by atoms with Gasteiger partial charge in [0.1, 0.15) is 6.54 Å². The van der Waals surface area contributed by atoms with Crippen molar-refractivity contribution in [3.8, 4) is 0 Å². The molecule has 1 heterocycles. The first-order valence-electron chi connectivity index (χ1n) is 11.1. The van der Waals surface area contributed by atoms with Crippen molar-refractivity contribution in [3.05, 3.63) is 86.5 Å². The Kier molecular flexibility index (Phi) is 9.09. The van der Waals surface area contributed by atoms with E-state index in [0.717, 1.165) is 21.3 Å². The van der Waals surface area contributed by atoms with Crippen LogP contribution < -0.4 is 5.32 Å². The molecule has 3 rings (SSSR count). The zero-order chi connectivity index (χ0) is 23.8. The number of carbonyl (C=O) groups is 2. The molecule has 2 aromatic carbocycles. The van der Waals surface area contributed by atoms with Gasteiger partial charge >= 0.3 is 6.03 Å². The molecule has 0 aliphatic rings. The molecular formula is C26H30BrN3O2S. The Labute approximate surface area is 208 Å². The number of hydrogen-bond acceptors (Lipinski definition) is 3. The van der Waals surface area contributed by atoms with Gasteiger partial charge in [0.25, 0.3) is 0 Å². The highest BCUT2D eigenvalue weighted by molar-refractivity contribution is 9.10. The fraction of sp³-hybridized carbons (Fsp3) is 0.308. The first kappa shape index (κ1) is 25.0. The van der Waals surface area contributed by atoms with E-state index in [1.54, 1.807) is 16.2 Å². The second-order valence-electron chi connectivity index (χ2n) is 8.06. The van der Waals surface area contributed by atoms with E-state index in [-0.39, 0.29) is 24.5 Å². The van der Waals surface area contributed by atoms with Crippen LogP contribution >= 0.6 is 27.3 Å². The third kappa shape index (κ3) is 6.92. The highest BCUT2D eigenvalue weighted by Crippen LogP contribution is 2.23. The van der Waals surface area contributed by atoms with E-state index < -0.39 is 0 Å². The number of amides is 3. The van der Waals surface area contributed by atoms with Gasteiger partial charge in [-0.15, -0.1) is 11.3 Å². The van der Waals surface area contributed by atoms with E-state index in [1.807, 2.05) is 78.7 Å². The van der Waals surface area contributed by atoms with E-state index in [9.17, 15) is 9.59 Å². The first-order chi connectivity index (χ1) is 15.9. The Morgan fingerprint density at radius 3 is 2.36 bits per heavy atom. The molecule has 1 atom stereocenters. The second-order valence-corrected chi connectivity index (χ2v) is 9.91. The smallest absolute Gasteiger partial charge is 0.322 e. The van der Waals surface area contributed by atoms with Crippen LogP contribution in [0.15, 0.2) is 70.5 Å². The average Bonchev–Trinajstić information content (AvgIpc) is 3.22. The van der Waals surface area contributed by atoms with Crippen molar-refractivity contribution in [1.29, 1.82) is 0 Å². The van der Waals surface area contributed by atoms with Crippen molar-refractivity contribution in [1.82, 2.24) is 9.80 Å². The minimum atomic E-state index is -0.281. The molecule has 3 aromatic rings. The number of nitrogens with one attached hydrogen (secondary N) is 1. The van der Waals surface area contributed by atoms with E-state index in [2.05, 4.69) is 34.2 Å². The summed E-state index contributed by atoms with van der Waals surface area (Å²) in [6.07, 6.45) is 0.749. The molecule has 0 radical (unpaired) electrons. The molecule has 0 aliphatic carbocycles. The standard InChI is InChI=1S/C26H30BrN3O2S/c1-4-20(3)30(26(32)28-23-13-9-8-12-22(23)27)18-25(31)29(16-21-10-6-5-7-11-21)17-24-19(2)14-15-33-24/h5-15,20H,4,16-18H2,1-3H3,(H,28,32).